The molecule has 0 bridgehead atoms. The van der Waals surface area contributed by atoms with Gasteiger partial charge in [0.1, 0.15) is 28.5 Å². The SMILES string of the molecule is CC(C)(C)OC(=O)N1CCC[C@@H](c2ccc3ncnc(Nc4cnc(Oc5ccccc5)c(Cl)c4)c3c2)C1. The number of pyridine rings is 1. The third kappa shape index (κ3) is 6.14. The van der Waals surface area contributed by atoms with Gasteiger partial charge in [0.25, 0.3) is 0 Å². The number of anilines is 2. The van der Waals surface area contributed by atoms with Crippen LogP contribution in [0.1, 0.15) is 45.1 Å². The van der Waals surface area contributed by atoms with Crippen LogP contribution in [0, 0.1) is 0 Å². The quantitative estimate of drug-likeness (QED) is 0.288. The van der Waals surface area contributed by atoms with Crippen molar-refractivity contribution < 1.29 is 14.3 Å². The molecule has 3 heterocycles. The van der Waals surface area contributed by atoms with Crippen LogP contribution in [-0.4, -0.2) is 44.6 Å². The highest BCUT2D eigenvalue weighted by Crippen LogP contribution is 2.33. The van der Waals surface area contributed by atoms with Gasteiger partial charge in [-0.05, 0) is 69.5 Å². The third-order valence-corrected chi connectivity index (χ3v) is 6.50. The molecule has 8 nitrogen and oxygen atoms in total. The normalized spacial score (nSPS) is 15.8. The predicted octanol–water partition coefficient (Wildman–Crippen LogP) is 7.33. The maximum Gasteiger partial charge on any atom is 0.410 e. The zero-order chi connectivity index (χ0) is 26.7. The number of para-hydroxylation sites is 1. The maximum atomic E-state index is 12.7. The number of nitrogens with zero attached hydrogens (tertiary/aromatic N) is 4. The van der Waals surface area contributed by atoms with Gasteiger partial charge in [-0.25, -0.2) is 19.7 Å². The summed E-state index contributed by atoms with van der Waals surface area (Å²) < 4.78 is 11.4. The summed E-state index contributed by atoms with van der Waals surface area (Å²) in [4.78, 5) is 27.8. The first-order valence-electron chi connectivity index (χ1n) is 12.6. The molecule has 1 saturated heterocycles. The average Bonchev–Trinajstić information content (AvgIpc) is 2.90. The number of benzene rings is 2. The molecule has 2 aromatic carbocycles. The lowest BCUT2D eigenvalue weighted by atomic mass is 9.90. The summed E-state index contributed by atoms with van der Waals surface area (Å²) in [6, 6.07) is 17.3. The number of nitrogens with one attached hydrogen (secondary N) is 1. The van der Waals surface area contributed by atoms with E-state index in [4.69, 9.17) is 21.1 Å². The standard InChI is InChI=1S/C29H30ClN5O3/c1-29(2,3)38-28(36)35-13-7-8-20(17-35)19-11-12-25-23(14-19)26(33-18-32-25)34-21-15-24(30)27(31-16-21)37-22-9-5-4-6-10-22/h4-6,9-12,14-16,18,20H,7-8,13,17H2,1-3H3,(H,32,33,34)/t20-/m1/s1. The molecular weight excluding hydrogens is 502 g/mol. The van der Waals surface area contributed by atoms with Gasteiger partial charge in [-0.1, -0.05) is 35.9 Å². The van der Waals surface area contributed by atoms with Crippen LogP contribution in [0.3, 0.4) is 0 Å². The van der Waals surface area contributed by atoms with Gasteiger partial charge in [-0.15, -0.1) is 0 Å². The second kappa shape index (κ2) is 10.8. The number of carbonyl (C=O) groups is 1. The first kappa shape index (κ1) is 25.7. The van der Waals surface area contributed by atoms with Crippen molar-refractivity contribution in [1.29, 1.82) is 0 Å². The number of likely N-dealkylation sites (tertiary alicyclic amines) is 1. The van der Waals surface area contributed by atoms with Crippen molar-refractivity contribution in [2.75, 3.05) is 18.4 Å². The Labute approximate surface area is 227 Å². The molecule has 5 rings (SSSR count). The van der Waals surface area contributed by atoms with Crippen molar-refractivity contribution in [3.05, 3.63) is 77.7 Å². The Hall–Kier alpha value is -3.91. The number of amides is 1. The van der Waals surface area contributed by atoms with Crippen LogP contribution < -0.4 is 10.1 Å². The minimum atomic E-state index is -0.519. The molecule has 196 valence electrons. The number of ether oxygens (including phenoxy) is 2. The molecule has 0 aliphatic carbocycles. The smallest absolute Gasteiger partial charge is 0.410 e. The number of hydrogen-bond acceptors (Lipinski definition) is 7. The third-order valence-electron chi connectivity index (χ3n) is 6.23. The molecular formula is C29H30ClN5O3. The highest BCUT2D eigenvalue weighted by molar-refractivity contribution is 6.32. The Kier molecular flexibility index (Phi) is 7.33. The molecule has 4 aromatic rings. The minimum absolute atomic E-state index is 0.194. The molecule has 1 N–H and O–H groups in total. The van der Waals surface area contributed by atoms with E-state index in [-0.39, 0.29) is 12.0 Å². The lowest BCUT2D eigenvalue weighted by molar-refractivity contribution is 0.0198. The van der Waals surface area contributed by atoms with Crippen molar-refractivity contribution in [3.8, 4) is 11.6 Å². The van der Waals surface area contributed by atoms with E-state index in [9.17, 15) is 4.79 Å². The zero-order valence-electron chi connectivity index (χ0n) is 21.6. The van der Waals surface area contributed by atoms with Gasteiger partial charge < -0.3 is 19.7 Å². The highest BCUT2D eigenvalue weighted by atomic mass is 35.5. The Morgan fingerprint density at radius 2 is 1.89 bits per heavy atom. The summed E-state index contributed by atoms with van der Waals surface area (Å²) in [6.45, 7) is 6.97. The fourth-order valence-corrected chi connectivity index (χ4v) is 4.68. The minimum Gasteiger partial charge on any atom is -0.444 e. The Morgan fingerprint density at radius 3 is 2.66 bits per heavy atom. The fourth-order valence-electron chi connectivity index (χ4n) is 4.48. The molecule has 0 saturated carbocycles. The Balaban J connectivity index is 1.35. The van der Waals surface area contributed by atoms with Gasteiger partial charge in [-0.3, -0.25) is 0 Å². The number of halogens is 1. The molecule has 0 spiro atoms. The van der Waals surface area contributed by atoms with E-state index >= 15 is 0 Å². The number of carbonyl (C=O) groups excluding carboxylic acids is 1. The van der Waals surface area contributed by atoms with Crippen molar-refractivity contribution in [2.45, 2.75) is 45.1 Å². The molecule has 38 heavy (non-hydrogen) atoms. The first-order valence-corrected chi connectivity index (χ1v) is 13.0. The molecule has 1 aliphatic heterocycles. The van der Waals surface area contributed by atoms with E-state index < -0.39 is 5.60 Å². The number of piperidine rings is 1. The number of fused-ring (bicyclic) bond motifs is 1. The van der Waals surface area contributed by atoms with E-state index in [0.717, 1.165) is 29.3 Å². The fraction of sp³-hybridized carbons (Fsp3) is 0.310. The van der Waals surface area contributed by atoms with Crippen molar-refractivity contribution in [2.24, 2.45) is 0 Å². The van der Waals surface area contributed by atoms with Crippen molar-refractivity contribution in [3.63, 3.8) is 0 Å². The van der Waals surface area contributed by atoms with Crippen molar-refractivity contribution in [1.82, 2.24) is 19.9 Å². The van der Waals surface area contributed by atoms with E-state index in [1.807, 2.05) is 57.2 Å². The summed E-state index contributed by atoms with van der Waals surface area (Å²) in [5.41, 5.74) is 2.10. The van der Waals surface area contributed by atoms with Gasteiger partial charge in [-0.2, -0.15) is 0 Å². The Morgan fingerprint density at radius 1 is 1.08 bits per heavy atom. The van der Waals surface area contributed by atoms with E-state index in [1.54, 1.807) is 17.2 Å². The van der Waals surface area contributed by atoms with Gasteiger partial charge >= 0.3 is 6.09 Å². The van der Waals surface area contributed by atoms with Crippen LogP contribution in [0.4, 0.5) is 16.3 Å². The lowest BCUT2D eigenvalue weighted by Crippen LogP contribution is -2.42. The predicted molar refractivity (Wildman–Crippen MR) is 148 cm³/mol. The summed E-state index contributed by atoms with van der Waals surface area (Å²) in [6.07, 6.45) is 4.82. The van der Waals surface area contributed by atoms with Gasteiger partial charge in [0, 0.05) is 24.4 Å². The van der Waals surface area contributed by atoms with Crippen LogP contribution in [0.25, 0.3) is 10.9 Å². The summed E-state index contributed by atoms with van der Waals surface area (Å²) in [7, 11) is 0. The molecule has 0 radical (unpaired) electrons. The van der Waals surface area contributed by atoms with Crippen LogP contribution in [0.15, 0.2) is 67.1 Å². The largest absolute Gasteiger partial charge is 0.444 e. The molecule has 9 heteroatoms. The topological polar surface area (TPSA) is 89.5 Å². The van der Waals surface area contributed by atoms with Crippen LogP contribution in [0.2, 0.25) is 5.02 Å². The second-order valence-electron chi connectivity index (χ2n) is 10.3. The lowest BCUT2D eigenvalue weighted by Gasteiger charge is -2.34. The summed E-state index contributed by atoms with van der Waals surface area (Å²) in [5.74, 6) is 1.82. The number of rotatable bonds is 5. The van der Waals surface area contributed by atoms with Gasteiger partial charge in [0.05, 0.1) is 17.4 Å². The highest BCUT2D eigenvalue weighted by Gasteiger charge is 2.28. The molecule has 1 atom stereocenters. The summed E-state index contributed by atoms with van der Waals surface area (Å²) >= 11 is 6.47. The average molecular weight is 532 g/mol. The van der Waals surface area contributed by atoms with E-state index in [2.05, 4.69) is 32.4 Å². The van der Waals surface area contributed by atoms with E-state index in [1.165, 1.54) is 6.33 Å². The molecule has 0 unspecified atom stereocenters. The molecule has 2 aromatic heterocycles. The van der Waals surface area contributed by atoms with Gasteiger partial charge in [0.15, 0.2) is 0 Å². The van der Waals surface area contributed by atoms with E-state index in [0.29, 0.717) is 41.2 Å². The maximum absolute atomic E-state index is 12.7. The molecule has 1 fully saturated rings. The van der Waals surface area contributed by atoms with Gasteiger partial charge in [0.2, 0.25) is 5.88 Å². The molecule has 1 aliphatic rings. The summed E-state index contributed by atoms with van der Waals surface area (Å²) in [5, 5.41) is 4.58. The Bertz CT molecular complexity index is 1440. The first-order chi connectivity index (χ1) is 18.2. The van der Waals surface area contributed by atoms with Crippen LogP contribution in [-0.2, 0) is 4.74 Å². The number of hydrogen-bond donors (Lipinski definition) is 1. The van der Waals surface area contributed by atoms with Crippen molar-refractivity contribution >= 4 is 40.1 Å². The zero-order valence-corrected chi connectivity index (χ0v) is 22.4. The monoisotopic (exact) mass is 531 g/mol. The number of aromatic nitrogens is 3. The van der Waals surface area contributed by atoms with Crippen LogP contribution in [0.5, 0.6) is 11.6 Å². The van der Waals surface area contributed by atoms with Crippen LogP contribution >= 0.6 is 11.6 Å². The second-order valence-corrected chi connectivity index (χ2v) is 10.7. The molecule has 1 amide bonds.